The number of carboxylic acids is 1. The van der Waals surface area contributed by atoms with Crippen molar-refractivity contribution in [3.63, 3.8) is 0 Å². The Bertz CT molecular complexity index is 261. The lowest BCUT2D eigenvalue weighted by molar-refractivity contribution is -0.137. The molecule has 1 fully saturated rings. The summed E-state index contributed by atoms with van der Waals surface area (Å²) < 4.78 is 0. The number of rotatable bonds is 4. The summed E-state index contributed by atoms with van der Waals surface area (Å²) in [6.07, 6.45) is 1.94. The monoisotopic (exact) mass is 213 g/mol. The average molecular weight is 213 g/mol. The molecule has 0 saturated carbocycles. The van der Waals surface area contributed by atoms with Gasteiger partial charge in [0.05, 0.1) is 0 Å². The lowest BCUT2D eigenvalue weighted by Gasteiger charge is -2.19. The zero-order chi connectivity index (χ0) is 11.5. The highest BCUT2D eigenvalue weighted by Crippen LogP contribution is 2.29. The van der Waals surface area contributed by atoms with E-state index in [4.69, 9.17) is 5.11 Å². The number of hydrogen-bond acceptors (Lipinski definition) is 2. The standard InChI is InChI=1S/C11H19NO3/c1-11(2)6-7-12(8-11)9(13)4-3-5-10(14)15/h3-8H2,1-2H3,(H,14,15). The molecule has 4 heteroatoms. The Morgan fingerprint density at radius 2 is 2.00 bits per heavy atom. The topological polar surface area (TPSA) is 57.6 Å². The first-order valence-electron chi connectivity index (χ1n) is 5.40. The average Bonchev–Trinajstić information content (AvgIpc) is 2.45. The number of likely N-dealkylation sites (tertiary alicyclic amines) is 1. The van der Waals surface area contributed by atoms with Gasteiger partial charge in [-0.05, 0) is 18.3 Å². The van der Waals surface area contributed by atoms with Gasteiger partial charge < -0.3 is 10.0 Å². The van der Waals surface area contributed by atoms with E-state index in [1.807, 2.05) is 4.90 Å². The Morgan fingerprint density at radius 3 is 2.47 bits per heavy atom. The molecule has 1 amide bonds. The molecule has 1 saturated heterocycles. The van der Waals surface area contributed by atoms with Crippen LogP contribution in [0.4, 0.5) is 0 Å². The first-order chi connectivity index (χ1) is 6.91. The molecule has 0 aromatic heterocycles. The Labute approximate surface area is 90.3 Å². The van der Waals surface area contributed by atoms with Gasteiger partial charge in [0, 0.05) is 25.9 Å². The number of aliphatic carboxylic acids is 1. The molecule has 0 spiro atoms. The normalized spacial score (nSPS) is 19.2. The van der Waals surface area contributed by atoms with Crippen molar-refractivity contribution in [2.24, 2.45) is 5.41 Å². The summed E-state index contributed by atoms with van der Waals surface area (Å²) in [5.74, 6) is -0.730. The molecule has 86 valence electrons. The van der Waals surface area contributed by atoms with Crippen LogP contribution < -0.4 is 0 Å². The summed E-state index contributed by atoms with van der Waals surface area (Å²) in [6, 6.07) is 0. The van der Waals surface area contributed by atoms with Gasteiger partial charge in [-0.3, -0.25) is 9.59 Å². The lowest BCUT2D eigenvalue weighted by atomic mass is 9.93. The van der Waals surface area contributed by atoms with Crippen LogP contribution in [0.5, 0.6) is 0 Å². The molecule has 0 aromatic rings. The molecule has 15 heavy (non-hydrogen) atoms. The third kappa shape index (κ3) is 3.90. The highest BCUT2D eigenvalue weighted by Gasteiger charge is 2.31. The molecule has 0 unspecified atom stereocenters. The minimum Gasteiger partial charge on any atom is -0.481 e. The third-order valence-corrected chi connectivity index (χ3v) is 2.81. The van der Waals surface area contributed by atoms with Crippen LogP contribution in [0.3, 0.4) is 0 Å². The van der Waals surface area contributed by atoms with Crippen molar-refractivity contribution in [1.82, 2.24) is 4.90 Å². The quantitative estimate of drug-likeness (QED) is 0.770. The first kappa shape index (κ1) is 12.0. The molecule has 1 aliphatic heterocycles. The van der Waals surface area contributed by atoms with E-state index in [2.05, 4.69) is 13.8 Å². The minimum absolute atomic E-state index is 0.0863. The van der Waals surface area contributed by atoms with E-state index in [-0.39, 0.29) is 17.7 Å². The van der Waals surface area contributed by atoms with Crippen LogP contribution in [-0.2, 0) is 9.59 Å². The van der Waals surface area contributed by atoms with Crippen LogP contribution in [0.15, 0.2) is 0 Å². The molecular formula is C11H19NO3. The highest BCUT2D eigenvalue weighted by atomic mass is 16.4. The van der Waals surface area contributed by atoms with Gasteiger partial charge in [-0.25, -0.2) is 0 Å². The van der Waals surface area contributed by atoms with Gasteiger partial charge in [0.25, 0.3) is 0 Å². The number of carbonyl (C=O) groups is 2. The van der Waals surface area contributed by atoms with Gasteiger partial charge in [0.1, 0.15) is 0 Å². The summed E-state index contributed by atoms with van der Waals surface area (Å²) in [5, 5.41) is 8.45. The Kier molecular flexibility index (Phi) is 3.72. The maximum Gasteiger partial charge on any atom is 0.303 e. The molecule has 0 radical (unpaired) electrons. The molecule has 0 aromatic carbocycles. The summed E-state index contributed by atoms with van der Waals surface area (Å²) in [6.45, 7) is 5.92. The van der Waals surface area contributed by atoms with Gasteiger partial charge >= 0.3 is 5.97 Å². The van der Waals surface area contributed by atoms with E-state index in [0.29, 0.717) is 12.8 Å². The predicted octanol–water partition coefficient (Wildman–Crippen LogP) is 1.50. The van der Waals surface area contributed by atoms with Crippen molar-refractivity contribution in [2.45, 2.75) is 39.5 Å². The van der Waals surface area contributed by atoms with Gasteiger partial charge in [-0.1, -0.05) is 13.8 Å². The molecule has 1 aliphatic rings. The molecule has 0 atom stereocenters. The van der Waals surface area contributed by atoms with Crippen LogP contribution in [0.1, 0.15) is 39.5 Å². The fraction of sp³-hybridized carbons (Fsp3) is 0.818. The zero-order valence-corrected chi connectivity index (χ0v) is 9.45. The van der Waals surface area contributed by atoms with E-state index in [1.165, 1.54) is 0 Å². The largest absolute Gasteiger partial charge is 0.481 e. The van der Waals surface area contributed by atoms with Gasteiger partial charge in [-0.2, -0.15) is 0 Å². The van der Waals surface area contributed by atoms with Crippen molar-refractivity contribution in [3.05, 3.63) is 0 Å². The lowest BCUT2D eigenvalue weighted by Crippen LogP contribution is -2.30. The van der Waals surface area contributed by atoms with Crippen molar-refractivity contribution in [3.8, 4) is 0 Å². The third-order valence-electron chi connectivity index (χ3n) is 2.81. The van der Waals surface area contributed by atoms with Crippen molar-refractivity contribution in [2.75, 3.05) is 13.1 Å². The Morgan fingerprint density at radius 1 is 1.33 bits per heavy atom. The predicted molar refractivity (Wildman–Crippen MR) is 56.5 cm³/mol. The fourth-order valence-corrected chi connectivity index (χ4v) is 1.87. The van der Waals surface area contributed by atoms with E-state index in [1.54, 1.807) is 0 Å². The van der Waals surface area contributed by atoms with Crippen LogP contribution >= 0.6 is 0 Å². The minimum atomic E-state index is -0.829. The second-order valence-corrected chi connectivity index (χ2v) is 4.98. The summed E-state index contributed by atoms with van der Waals surface area (Å²) in [4.78, 5) is 23.8. The molecule has 0 bridgehead atoms. The highest BCUT2D eigenvalue weighted by molar-refractivity contribution is 5.77. The first-order valence-corrected chi connectivity index (χ1v) is 5.40. The van der Waals surface area contributed by atoms with Crippen LogP contribution in [0.2, 0.25) is 0 Å². The van der Waals surface area contributed by atoms with Crippen LogP contribution in [-0.4, -0.2) is 35.0 Å². The number of amides is 1. The number of nitrogens with zero attached hydrogens (tertiary/aromatic N) is 1. The summed E-state index contributed by atoms with van der Waals surface area (Å²) >= 11 is 0. The number of carbonyl (C=O) groups excluding carboxylic acids is 1. The van der Waals surface area contributed by atoms with E-state index in [9.17, 15) is 9.59 Å². The molecule has 0 aliphatic carbocycles. The second-order valence-electron chi connectivity index (χ2n) is 4.98. The fourth-order valence-electron chi connectivity index (χ4n) is 1.87. The molecule has 1 rings (SSSR count). The Balaban J connectivity index is 2.27. The number of carboxylic acid groups (broad SMARTS) is 1. The molecule has 4 nitrogen and oxygen atoms in total. The van der Waals surface area contributed by atoms with Gasteiger partial charge in [0.15, 0.2) is 0 Å². The molecule has 1 heterocycles. The SMILES string of the molecule is CC1(C)CCN(C(=O)CCCC(=O)O)C1. The van der Waals surface area contributed by atoms with Crippen molar-refractivity contribution >= 4 is 11.9 Å². The Hall–Kier alpha value is -1.06. The van der Waals surface area contributed by atoms with E-state index >= 15 is 0 Å². The van der Waals surface area contributed by atoms with Gasteiger partial charge in [-0.15, -0.1) is 0 Å². The molecule has 1 N–H and O–H groups in total. The van der Waals surface area contributed by atoms with E-state index in [0.717, 1.165) is 19.5 Å². The maximum atomic E-state index is 11.6. The smallest absolute Gasteiger partial charge is 0.303 e. The van der Waals surface area contributed by atoms with Crippen molar-refractivity contribution < 1.29 is 14.7 Å². The molecular weight excluding hydrogens is 194 g/mol. The summed E-state index contributed by atoms with van der Waals surface area (Å²) in [7, 11) is 0. The van der Waals surface area contributed by atoms with E-state index < -0.39 is 5.97 Å². The van der Waals surface area contributed by atoms with Crippen LogP contribution in [0.25, 0.3) is 0 Å². The maximum absolute atomic E-state index is 11.6. The summed E-state index contributed by atoms with van der Waals surface area (Å²) in [5.41, 5.74) is 0.225. The second kappa shape index (κ2) is 4.64. The number of hydrogen-bond donors (Lipinski definition) is 1. The van der Waals surface area contributed by atoms with Crippen molar-refractivity contribution in [1.29, 1.82) is 0 Å². The zero-order valence-electron chi connectivity index (χ0n) is 9.45. The van der Waals surface area contributed by atoms with Gasteiger partial charge in [0.2, 0.25) is 5.91 Å². The van der Waals surface area contributed by atoms with Crippen LogP contribution in [0, 0.1) is 5.41 Å².